The molecule has 1 heteroatoms. The molecule has 0 spiro atoms. The van der Waals surface area contributed by atoms with E-state index >= 15 is 0 Å². The molecule has 1 aromatic rings. The summed E-state index contributed by atoms with van der Waals surface area (Å²) in [6, 6.07) is 10.7. The first-order valence-electron chi connectivity index (χ1n) is 4.98. The zero-order valence-electron chi connectivity index (χ0n) is 8.49. The van der Waals surface area contributed by atoms with Crippen molar-refractivity contribution in [1.82, 2.24) is 0 Å². The second-order valence-electron chi connectivity index (χ2n) is 3.29. The van der Waals surface area contributed by atoms with Crippen molar-refractivity contribution in [2.45, 2.75) is 31.9 Å². The van der Waals surface area contributed by atoms with Crippen LogP contribution in [0.5, 0.6) is 0 Å². The molecule has 0 fully saturated rings. The number of aryl methyl sites for hydroxylation is 1. The van der Waals surface area contributed by atoms with E-state index < -0.39 is 0 Å². The van der Waals surface area contributed by atoms with E-state index in [4.69, 9.17) is 0 Å². The molecule has 0 nitrogen and oxygen atoms in total. The van der Waals surface area contributed by atoms with Crippen LogP contribution in [0.25, 0.3) is 0 Å². The van der Waals surface area contributed by atoms with E-state index in [2.05, 4.69) is 55.9 Å². The fourth-order valence-electron chi connectivity index (χ4n) is 1.38. The first-order chi connectivity index (χ1) is 6.33. The molecule has 0 aliphatic heterocycles. The summed E-state index contributed by atoms with van der Waals surface area (Å²) in [5.41, 5.74) is 1.46. The predicted molar refractivity (Wildman–Crippen MR) is 62.4 cm³/mol. The summed E-state index contributed by atoms with van der Waals surface area (Å²) in [6.45, 7) is 4.54. The molecule has 0 amide bonds. The van der Waals surface area contributed by atoms with E-state index in [1.165, 1.54) is 24.2 Å². The number of benzene rings is 1. The SMILES string of the molecule is CCSC(C)CCc1ccccc1. The van der Waals surface area contributed by atoms with Gasteiger partial charge in [0.25, 0.3) is 0 Å². The quantitative estimate of drug-likeness (QED) is 0.687. The van der Waals surface area contributed by atoms with Gasteiger partial charge in [-0.3, -0.25) is 0 Å². The third-order valence-corrected chi connectivity index (χ3v) is 3.27. The Morgan fingerprint density at radius 2 is 1.92 bits per heavy atom. The average molecular weight is 194 g/mol. The van der Waals surface area contributed by atoms with E-state index in [9.17, 15) is 0 Å². The van der Waals surface area contributed by atoms with Gasteiger partial charge in [-0.05, 0) is 24.2 Å². The van der Waals surface area contributed by atoms with Crippen LogP contribution in [0.2, 0.25) is 0 Å². The summed E-state index contributed by atoms with van der Waals surface area (Å²) in [7, 11) is 0. The predicted octanol–water partition coefficient (Wildman–Crippen LogP) is 3.76. The number of hydrogen-bond donors (Lipinski definition) is 0. The molecule has 1 unspecified atom stereocenters. The van der Waals surface area contributed by atoms with E-state index in [0.717, 1.165) is 5.25 Å². The summed E-state index contributed by atoms with van der Waals surface area (Å²) in [4.78, 5) is 0. The molecular formula is C12H18S. The molecule has 1 atom stereocenters. The van der Waals surface area contributed by atoms with Gasteiger partial charge in [-0.25, -0.2) is 0 Å². The Balaban J connectivity index is 2.27. The molecule has 0 bridgehead atoms. The topological polar surface area (TPSA) is 0 Å². The van der Waals surface area contributed by atoms with Crippen molar-refractivity contribution in [3.63, 3.8) is 0 Å². The Labute approximate surface area is 85.7 Å². The van der Waals surface area contributed by atoms with Gasteiger partial charge in [0.05, 0.1) is 0 Å². The molecule has 0 saturated carbocycles. The molecule has 0 heterocycles. The van der Waals surface area contributed by atoms with Crippen LogP contribution in [0.15, 0.2) is 30.3 Å². The van der Waals surface area contributed by atoms with Crippen molar-refractivity contribution in [2.24, 2.45) is 0 Å². The summed E-state index contributed by atoms with van der Waals surface area (Å²) < 4.78 is 0. The molecule has 0 aliphatic carbocycles. The summed E-state index contributed by atoms with van der Waals surface area (Å²) in [5.74, 6) is 1.23. The highest BCUT2D eigenvalue weighted by Crippen LogP contribution is 2.15. The lowest BCUT2D eigenvalue weighted by Gasteiger charge is -2.08. The fraction of sp³-hybridized carbons (Fsp3) is 0.500. The van der Waals surface area contributed by atoms with Crippen LogP contribution in [-0.4, -0.2) is 11.0 Å². The zero-order chi connectivity index (χ0) is 9.52. The van der Waals surface area contributed by atoms with Crippen molar-refractivity contribution in [3.05, 3.63) is 35.9 Å². The second kappa shape index (κ2) is 6.09. The molecule has 0 radical (unpaired) electrons. The van der Waals surface area contributed by atoms with Gasteiger partial charge in [-0.15, -0.1) is 0 Å². The highest BCUT2D eigenvalue weighted by atomic mass is 32.2. The third kappa shape index (κ3) is 4.37. The maximum atomic E-state index is 2.32. The van der Waals surface area contributed by atoms with Crippen molar-refractivity contribution in [3.8, 4) is 0 Å². The van der Waals surface area contributed by atoms with E-state index in [-0.39, 0.29) is 0 Å². The standard InChI is InChI=1S/C12H18S/c1-3-13-11(2)9-10-12-7-5-4-6-8-12/h4-8,11H,3,9-10H2,1-2H3. The smallest absolute Gasteiger partial charge is 0.00217 e. The van der Waals surface area contributed by atoms with Gasteiger partial charge in [0.2, 0.25) is 0 Å². The minimum Gasteiger partial charge on any atom is -0.159 e. The van der Waals surface area contributed by atoms with Gasteiger partial charge in [-0.2, -0.15) is 11.8 Å². The van der Waals surface area contributed by atoms with Gasteiger partial charge < -0.3 is 0 Å². The van der Waals surface area contributed by atoms with E-state index in [0.29, 0.717) is 0 Å². The largest absolute Gasteiger partial charge is 0.159 e. The first-order valence-corrected chi connectivity index (χ1v) is 6.03. The molecule has 0 aliphatic rings. The Morgan fingerprint density at radius 3 is 2.54 bits per heavy atom. The number of hydrogen-bond acceptors (Lipinski definition) is 1. The van der Waals surface area contributed by atoms with Crippen molar-refractivity contribution in [1.29, 1.82) is 0 Å². The molecule has 1 aromatic carbocycles. The highest BCUT2D eigenvalue weighted by Gasteiger charge is 2.00. The highest BCUT2D eigenvalue weighted by molar-refractivity contribution is 7.99. The Hall–Kier alpha value is -0.430. The Morgan fingerprint density at radius 1 is 1.23 bits per heavy atom. The minimum absolute atomic E-state index is 0.796. The molecule has 0 N–H and O–H groups in total. The second-order valence-corrected chi connectivity index (χ2v) is 5.01. The molecular weight excluding hydrogens is 176 g/mol. The summed E-state index contributed by atoms with van der Waals surface area (Å²) in [5, 5.41) is 0.796. The fourth-order valence-corrected chi connectivity index (χ4v) is 2.24. The molecule has 0 aromatic heterocycles. The third-order valence-electron chi connectivity index (χ3n) is 2.13. The summed E-state index contributed by atoms with van der Waals surface area (Å²) >= 11 is 2.05. The van der Waals surface area contributed by atoms with Crippen LogP contribution in [0, 0.1) is 0 Å². The molecule has 13 heavy (non-hydrogen) atoms. The van der Waals surface area contributed by atoms with Gasteiger partial charge in [0.1, 0.15) is 0 Å². The van der Waals surface area contributed by atoms with Crippen LogP contribution in [0.4, 0.5) is 0 Å². The van der Waals surface area contributed by atoms with Crippen LogP contribution in [0.1, 0.15) is 25.8 Å². The number of rotatable bonds is 5. The number of thioether (sulfide) groups is 1. The van der Waals surface area contributed by atoms with Crippen LogP contribution < -0.4 is 0 Å². The molecule has 1 rings (SSSR count). The van der Waals surface area contributed by atoms with Crippen molar-refractivity contribution >= 4 is 11.8 Å². The van der Waals surface area contributed by atoms with Gasteiger partial charge in [0.15, 0.2) is 0 Å². The lowest BCUT2D eigenvalue weighted by molar-refractivity contribution is 0.811. The van der Waals surface area contributed by atoms with Gasteiger partial charge in [0, 0.05) is 5.25 Å². The zero-order valence-corrected chi connectivity index (χ0v) is 9.31. The van der Waals surface area contributed by atoms with Crippen LogP contribution in [0.3, 0.4) is 0 Å². The van der Waals surface area contributed by atoms with Gasteiger partial charge >= 0.3 is 0 Å². The van der Waals surface area contributed by atoms with Crippen LogP contribution in [-0.2, 0) is 6.42 Å². The summed E-state index contributed by atoms with van der Waals surface area (Å²) in [6.07, 6.45) is 2.51. The van der Waals surface area contributed by atoms with Crippen molar-refractivity contribution < 1.29 is 0 Å². The van der Waals surface area contributed by atoms with E-state index in [1.54, 1.807) is 0 Å². The Bertz CT molecular complexity index is 218. The molecule has 0 saturated heterocycles. The maximum Gasteiger partial charge on any atom is 0.00217 e. The normalized spacial score (nSPS) is 12.8. The maximum absolute atomic E-state index is 2.32. The minimum atomic E-state index is 0.796. The average Bonchev–Trinajstić information content (AvgIpc) is 2.17. The Kier molecular flexibility index (Phi) is 4.99. The van der Waals surface area contributed by atoms with Crippen molar-refractivity contribution in [2.75, 3.05) is 5.75 Å². The van der Waals surface area contributed by atoms with Crippen LogP contribution >= 0.6 is 11.8 Å². The van der Waals surface area contributed by atoms with E-state index in [1.807, 2.05) is 0 Å². The lowest BCUT2D eigenvalue weighted by atomic mass is 10.1. The lowest BCUT2D eigenvalue weighted by Crippen LogP contribution is -1.98. The van der Waals surface area contributed by atoms with Gasteiger partial charge in [-0.1, -0.05) is 44.2 Å². The first kappa shape index (κ1) is 10.6. The monoisotopic (exact) mass is 194 g/mol. The molecule has 72 valence electrons.